The number of nitrogens with two attached hydrogens (primary N) is 1. The molecule has 2 rings (SSSR count). The highest BCUT2D eigenvalue weighted by atomic mass is 16.1. The van der Waals surface area contributed by atoms with Crippen LogP contribution < -0.4 is 11.1 Å². The molecule has 1 atom stereocenters. The second-order valence-electron chi connectivity index (χ2n) is 5.51. The van der Waals surface area contributed by atoms with E-state index < -0.39 is 0 Å². The Morgan fingerprint density at radius 2 is 2.05 bits per heavy atom. The molecule has 0 radical (unpaired) electrons. The fraction of sp³-hybridized carbons (Fsp3) is 0.533. The maximum Gasteiger partial charge on any atom is 0.251 e. The lowest BCUT2D eigenvalue weighted by Gasteiger charge is -2.21. The molecule has 0 bridgehead atoms. The number of amides is 1. The van der Waals surface area contributed by atoms with E-state index >= 15 is 0 Å². The van der Waals surface area contributed by atoms with Crippen molar-refractivity contribution in [1.29, 1.82) is 0 Å². The number of nitrogen functional groups attached to an aromatic ring is 1. The number of likely N-dealkylation sites (tertiary alicyclic amines) is 1. The summed E-state index contributed by atoms with van der Waals surface area (Å²) in [5.74, 6) is -0.0397. The highest BCUT2D eigenvalue weighted by Gasteiger charge is 2.16. The molecular weight excluding hydrogens is 238 g/mol. The Labute approximate surface area is 115 Å². The SMILES string of the molecule is Cc1cc(N)cc(C(=O)NC(C)CN2CCCC2)c1. The van der Waals surface area contributed by atoms with Crippen LogP contribution in [0.15, 0.2) is 18.2 Å². The third-order valence-corrected chi connectivity index (χ3v) is 3.47. The minimum atomic E-state index is -0.0397. The summed E-state index contributed by atoms with van der Waals surface area (Å²) in [4.78, 5) is 14.5. The van der Waals surface area contributed by atoms with Crippen LogP contribution in [-0.2, 0) is 0 Å². The van der Waals surface area contributed by atoms with E-state index in [-0.39, 0.29) is 11.9 Å². The van der Waals surface area contributed by atoms with Crippen molar-refractivity contribution in [2.24, 2.45) is 0 Å². The highest BCUT2D eigenvalue weighted by molar-refractivity contribution is 5.95. The van der Waals surface area contributed by atoms with Crippen LogP contribution in [0.3, 0.4) is 0 Å². The number of nitrogens with zero attached hydrogens (tertiary/aromatic N) is 1. The summed E-state index contributed by atoms with van der Waals surface area (Å²) in [5, 5.41) is 3.04. The topological polar surface area (TPSA) is 58.4 Å². The summed E-state index contributed by atoms with van der Waals surface area (Å²) in [5.41, 5.74) is 8.06. The molecule has 3 N–H and O–H groups in total. The third kappa shape index (κ3) is 3.96. The number of hydrogen-bond donors (Lipinski definition) is 2. The van der Waals surface area contributed by atoms with Crippen LogP contribution in [-0.4, -0.2) is 36.5 Å². The van der Waals surface area contributed by atoms with Gasteiger partial charge in [0.15, 0.2) is 0 Å². The number of anilines is 1. The van der Waals surface area contributed by atoms with Crippen molar-refractivity contribution in [2.45, 2.75) is 32.7 Å². The average Bonchev–Trinajstić information content (AvgIpc) is 2.80. The molecule has 0 saturated carbocycles. The maximum atomic E-state index is 12.1. The summed E-state index contributed by atoms with van der Waals surface area (Å²) >= 11 is 0. The first-order valence-corrected chi connectivity index (χ1v) is 6.95. The molecule has 1 aromatic rings. The van der Waals surface area contributed by atoms with Gasteiger partial charge < -0.3 is 16.0 Å². The molecule has 1 saturated heterocycles. The minimum Gasteiger partial charge on any atom is -0.399 e. The Bertz CT molecular complexity index is 432. The van der Waals surface area contributed by atoms with Gasteiger partial charge in [-0.05, 0) is 63.5 Å². The van der Waals surface area contributed by atoms with Gasteiger partial charge in [-0.15, -0.1) is 0 Å². The Morgan fingerprint density at radius 1 is 1.37 bits per heavy atom. The number of nitrogens with one attached hydrogen (secondary N) is 1. The van der Waals surface area contributed by atoms with Crippen molar-refractivity contribution in [1.82, 2.24) is 10.2 Å². The van der Waals surface area contributed by atoms with Gasteiger partial charge >= 0.3 is 0 Å². The van der Waals surface area contributed by atoms with Crippen LogP contribution in [0.1, 0.15) is 35.7 Å². The molecule has 19 heavy (non-hydrogen) atoms. The quantitative estimate of drug-likeness (QED) is 0.812. The van der Waals surface area contributed by atoms with E-state index in [0.29, 0.717) is 11.3 Å². The van der Waals surface area contributed by atoms with Crippen molar-refractivity contribution >= 4 is 11.6 Å². The van der Waals surface area contributed by atoms with Gasteiger partial charge in [0.1, 0.15) is 0 Å². The standard InChI is InChI=1S/C15H23N3O/c1-11-7-13(9-14(16)8-11)15(19)17-12(2)10-18-5-3-4-6-18/h7-9,12H,3-6,10,16H2,1-2H3,(H,17,19). The number of aryl methyl sites for hydroxylation is 1. The Hall–Kier alpha value is -1.55. The van der Waals surface area contributed by atoms with Crippen LogP contribution in [0.25, 0.3) is 0 Å². The first-order chi connectivity index (χ1) is 9.04. The maximum absolute atomic E-state index is 12.1. The Kier molecular flexibility index (Phi) is 4.43. The van der Waals surface area contributed by atoms with Crippen molar-refractivity contribution in [3.63, 3.8) is 0 Å². The predicted octanol–water partition coefficient (Wildman–Crippen LogP) is 1.79. The lowest BCUT2D eigenvalue weighted by atomic mass is 10.1. The molecule has 0 spiro atoms. The molecule has 4 heteroatoms. The van der Waals surface area contributed by atoms with E-state index in [1.807, 2.05) is 19.1 Å². The van der Waals surface area contributed by atoms with Crippen LogP contribution >= 0.6 is 0 Å². The highest BCUT2D eigenvalue weighted by Crippen LogP contribution is 2.12. The Balaban J connectivity index is 1.92. The van der Waals surface area contributed by atoms with Gasteiger partial charge in [-0.1, -0.05) is 0 Å². The first-order valence-electron chi connectivity index (χ1n) is 6.95. The van der Waals surface area contributed by atoms with Crippen LogP contribution in [0.4, 0.5) is 5.69 Å². The molecule has 1 aromatic carbocycles. The largest absolute Gasteiger partial charge is 0.399 e. The zero-order valence-corrected chi connectivity index (χ0v) is 11.8. The summed E-state index contributed by atoms with van der Waals surface area (Å²) in [6.45, 7) is 7.22. The molecule has 0 aliphatic carbocycles. The molecule has 1 heterocycles. The molecular formula is C15H23N3O. The van der Waals surface area contributed by atoms with E-state index in [1.165, 1.54) is 12.8 Å². The molecule has 104 valence electrons. The number of benzene rings is 1. The summed E-state index contributed by atoms with van der Waals surface area (Å²) < 4.78 is 0. The zero-order chi connectivity index (χ0) is 13.8. The van der Waals surface area contributed by atoms with E-state index in [2.05, 4.69) is 17.1 Å². The molecule has 1 aliphatic heterocycles. The molecule has 4 nitrogen and oxygen atoms in total. The smallest absolute Gasteiger partial charge is 0.251 e. The normalized spacial score (nSPS) is 17.4. The van der Waals surface area contributed by atoms with Crippen molar-refractivity contribution in [3.8, 4) is 0 Å². The number of rotatable bonds is 4. The van der Waals surface area contributed by atoms with Crippen LogP contribution in [0, 0.1) is 6.92 Å². The van der Waals surface area contributed by atoms with Gasteiger partial charge in [-0.3, -0.25) is 4.79 Å². The molecule has 1 fully saturated rings. The van der Waals surface area contributed by atoms with Crippen molar-refractivity contribution in [2.75, 3.05) is 25.4 Å². The van der Waals surface area contributed by atoms with Gasteiger partial charge in [-0.2, -0.15) is 0 Å². The fourth-order valence-corrected chi connectivity index (χ4v) is 2.65. The molecule has 0 aromatic heterocycles. The second-order valence-corrected chi connectivity index (χ2v) is 5.51. The summed E-state index contributed by atoms with van der Waals surface area (Å²) in [6, 6.07) is 5.62. The van der Waals surface area contributed by atoms with Gasteiger partial charge in [0, 0.05) is 23.8 Å². The van der Waals surface area contributed by atoms with E-state index in [9.17, 15) is 4.79 Å². The van der Waals surface area contributed by atoms with Gasteiger partial charge in [0.05, 0.1) is 0 Å². The van der Waals surface area contributed by atoms with Crippen LogP contribution in [0.2, 0.25) is 0 Å². The zero-order valence-electron chi connectivity index (χ0n) is 11.8. The molecule has 1 aliphatic rings. The lowest BCUT2D eigenvalue weighted by molar-refractivity contribution is 0.0932. The van der Waals surface area contributed by atoms with Gasteiger partial charge in [0.2, 0.25) is 0 Å². The van der Waals surface area contributed by atoms with Gasteiger partial charge in [-0.25, -0.2) is 0 Å². The summed E-state index contributed by atoms with van der Waals surface area (Å²) in [6.07, 6.45) is 2.55. The van der Waals surface area contributed by atoms with E-state index in [0.717, 1.165) is 25.2 Å². The van der Waals surface area contributed by atoms with Crippen molar-refractivity contribution < 1.29 is 4.79 Å². The molecule has 1 amide bonds. The average molecular weight is 261 g/mol. The predicted molar refractivity (Wildman–Crippen MR) is 78.2 cm³/mol. The van der Waals surface area contributed by atoms with E-state index in [4.69, 9.17) is 5.73 Å². The van der Waals surface area contributed by atoms with E-state index in [1.54, 1.807) is 6.07 Å². The Morgan fingerprint density at radius 3 is 2.68 bits per heavy atom. The van der Waals surface area contributed by atoms with Crippen molar-refractivity contribution in [3.05, 3.63) is 29.3 Å². The third-order valence-electron chi connectivity index (χ3n) is 3.47. The number of hydrogen-bond acceptors (Lipinski definition) is 3. The minimum absolute atomic E-state index is 0.0397. The first kappa shape index (κ1) is 13.9. The van der Waals surface area contributed by atoms with Crippen LogP contribution in [0.5, 0.6) is 0 Å². The lowest BCUT2D eigenvalue weighted by Crippen LogP contribution is -2.41. The number of carbonyl (C=O) groups excluding carboxylic acids is 1. The number of carbonyl (C=O) groups is 1. The monoisotopic (exact) mass is 261 g/mol. The molecule has 1 unspecified atom stereocenters. The van der Waals surface area contributed by atoms with Gasteiger partial charge in [0.25, 0.3) is 5.91 Å². The second kappa shape index (κ2) is 6.06. The fourth-order valence-electron chi connectivity index (χ4n) is 2.65. The summed E-state index contributed by atoms with van der Waals surface area (Å²) in [7, 11) is 0.